The minimum absolute atomic E-state index is 0.00795. The molecule has 0 radical (unpaired) electrons. The van der Waals surface area contributed by atoms with Gasteiger partial charge < -0.3 is 14.8 Å². The van der Waals surface area contributed by atoms with E-state index in [4.69, 9.17) is 4.42 Å². The lowest BCUT2D eigenvalue weighted by Crippen LogP contribution is -2.46. The first-order chi connectivity index (χ1) is 11.0. The van der Waals surface area contributed by atoms with Gasteiger partial charge in [-0.3, -0.25) is 9.69 Å². The topological polar surface area (TPSA) is 99.9 Å². The minimum atomic E-state index is -1.25. The minimum Gasteiger partial charge on any atom is -0.479 e. The number of imide groups is 1. The summed E-state index contributed by atoms with van der Waals surface area (Å²) in [6, 6.07) is 9.17. The van der Waals surface area contributed by atoms with Gasteiger partial charge in [-0.1, -0.05) is 30.3 Å². The predicted octanol–water partition coefficient (Wildman–Crippen LogP) is 2.28. The van der Waals surface area contributed by atoms with Crippen molar-refractivity contribution in [2.24, 2.45) is 0 Å². The Kier molecular flexibility index (Phi) is 5.14. The third-order valence-corrected chi connectivity index (χ3v) is 3.19. The zero-order chi connectivity index (χ0) is 16.8. The zero-order valence-electron chi connectivity index (χ0n) is 12.4. The fourth-order valence-electron chi connectivity index (χ4n) is 2.05. The predicted molar refractivity (Wildman–Crippen MR) is 80.8 cm³/mol. The molecule has 1 unspecified atom stereocenters. The van der Waals surface area contributed by atoms with Crippen LogP contribution in [0, 0.1) is 0 Å². The molecular formula is C16H16N2O5. The first-order valence-corrected chi connectivity index (χ1v) is 6.98. The van der Waals surface area contributed by atoms with Gasteiger partial charge in [-0.25, -0.2) is 9.59 Å². The number of furan rings is 1. The van der Waals surface area contributed by atoms with Crippen LogP contribution in [0.4, 0.5) is 4.79 Å². The fraction of sp³-hybridized carbons (Fsp3) is 0.188. The first kappa shape index (κ1) is 16.3. The van der Waals surface area contributed by atoms with Gasteiger partial charge in [0.1, 0.15) is 0 Å². The van der Waals surface area contributed by atoms with Crippen LogP contribution in [-0.2, 0) is 4.79 Å². The molecule has 0 saturated heterocycles. The molecule has 0 spiro atoms. The Hall–Kier alpha value is -3.09. The van der Waals surface area contributed by atoms with Crippen molar-refractivity contribution in [2.45, 2.75) is 13.0 Å². The highest BCUT2D eigenvalue weighted by Crippen LogP contribution is 2.14. The van der Waals surface area contributed by atoms with Crippen molar-refractivity contribution in [2.75, 3.05) is 6.54 Å². The average Bonchev–Trinajstić information content (AvgIpc) is 3.08. The van der Waals surface area contributed by atoms with Gasteiger partial charge in [0.25, 0.3) is 5.91 Å². The summed E-state index contributed by atoms with van der Waals surface area (Å²) >= 11 is 0. The Balaban J connectivity index is 2.17. The molecule has 2 N–H and O–H groups in total. The Morgan fingerprint density at radius 2 is 1.87 bits per heavy atom. The molecule has 3 amide bonds. The van der Waals surface area contributed by atoms with E-state index in [1.54, 1.807) is 37.3 Å². The Bertz CT molecular complexity index is 682. The highest BCUT2D eigenvalue weighted by Gasteiger charge is 2.28. The van der Waals surface area contributed by atoms with E-state index in [0.717, 1.165) is 4.90 Å². The molecule has 120 valence electrons. The van der Waals surface area contributed by atoms with Crippen molar-refractivity contribution >= 4 is 17.9 Å². The highest BCUT2D eigenvalue weighted by atomic mass is 16.4. The van der Waals surface area contributed by atoms with E-state index in [0.29, 0.717) is 5.56 Å². The standard InChI is InChI=1S/C16H16N2O5/c1-2-18(14(19)12-9-6-10-23-12)16(22)17-13(15(20)21)11-7-4-3-5-8-11/h3-10,13H,2H2,1H3,(H,17,22)(H,20,21). The molecule has 0 aliphatic carbocycles. The van der Waals surface area contributed by atoms with E-state index in [2.05, 4.69) is 5.32 Å². The quantitative estimate of drug-likeness (QED) is 0.881. The molecule has 7 nitrogen and oxygen atoms in total. The van der Waals surface area contributed by atoms with Crippen molar-refractivity contribution in [3.63, 3.8) is 0 Å². The van der Waals surface area contributed by atoms with Crippen molar-refractivity contribution in [1.29, 1.82) is 0 Å². The second-order valence-corrected chi connectivity index (χ2v) is 4.66. The van der Waals surface area contributed by atoms with E-state index in [9.17, 15) is 19.5 Å². The number of urea groups is 1. The van der Waals surface area contributed by atoms with Crippen LogP contribution in [0.2, 0.25) is 0 Å². The number of carbonyl (C=O) groups excluding carboxylic acids is 2. The largest absolute Gasteiger partial charge is 0.479 e. The zero-order valence-corrected chi connectivity index (χ0v) is 12.4. The van der Waals surface area contributed by atoms with Gasteiger partial charge in [-0.05, 0) is 24.6 Å². The number of carboxylic acid groups (broad SMARTS) is 1. The summed E-state index contributed by atoms with van der Waals surface area (Å²) in [6.45, 7) is 1.69. The van der Waals surface area contributed by atoms with Gasteiger partial charge in [0.2, 0.25) is 0 Å². The lowest BCUT2D eigenvalue weighted by Gasteiger charge is -2.22. The third kappa shape index (κ3) is 3.76. The van der Waals surface area contributed by atoms with Gasteiger partial charge in [0.05, 0.1) is 6.26 Å². The van der Waals surface area contributed by atoms with E-state index in [1.165, 1.54) is 18.4 Å². The number of carboxylic acids is 1. The average molecular weight is 316 g/mol. The number of benzene rings is 1. The number of rotatable bonds is 5. The molecule has 0 saturated carbocycles. The summed E-state index contributed by atoms with van der Waals surface area (Å²) in [7, 11) is 0. The summed E-state index contributed by atoms with van der Waals surface area (Å²) in [5.74, 6) is -1.84. The van der Waals surface area contributed by atoms with Crippen LogP contribution >= 0.6 is 0 Å². The number of hydrogen-bond donors (Lipinski definition) is 2. The number of carbonyl (C=O) groups is 3. The van der Waals surface area contributed by atoms with Crippen LogP contribution in [0.25, 0.3) is 0 Å². The van der Waals surface area contributed by atoms with E-state index < -0.39 is 23.9 Å². The van der Waals surface area contributed by atoms with Gasteiger partial charge in [-0.15, -0.1) is 0 Å². The van der Waals surface area contributed by atoms with E-state index in [1.807, 2.05) is 0 Å². The lowest BCUT2D eigenvalue weighted by molar-refractivity contribution is -0.139. The van der Waals surface area contributed by atoms with Crippen LogP contribution in [0.1, 0.15) is 29.1 Å². The Morgan fingerprint density at radius 1 is 1.17 bits per heavy atom. The number of nitrogens with zero attached hydrogens (tertiary/aromatic N) is 1. The molecule has 0 fully saturated rings. The van der Waals surface area contributed by atoms with E-state index >= 15 is 0 Å². The molecule has 1 aromatic heterocycles. The summed E-state index contributed by atoms with van der Waals surface area (Å²) < 4.78 is 4.98. The van der Waals surface area contributed by atoms with Gasteiger partial charge >= 0.3 is 12.0 Å². The molecule has 1 aromatic carbocycles. The van der Waals surface area contributed by atoms with Crippen LogP contribution in [0.3, 0.4) is 0 Å². The molecule has 2 aromatic rings. The van der Waals surface area contributed by atoms with Crippen LogP contribution in [0.5, 0.6) is 0 Å². The molecule has 0 aliphatic rings. The summed E-state index contributed by atoms with van der Waals surface area (Å²) in [5.41, 5.74) is 0.412. The SMILES string of the molecule is CCN(C(=O)NC(C(=O)O)c1ccccc1)C(=O)c1ccco1. The molecule has 1 heterocycles. The summed E-state index contributed by atoms with van der Waals surface area (Å²) in [4.78, 5) is 36.8. The van der Waals surface area contributed by atoms with Crippen molar-refractivity contribution < 1.29 is 23.9 Å². The lowest BCUT2D eigenvalue weighted by atomic mass is 10.1. The molecule has 0 aliphatic heterocycles. The number of aliphatic carboxylic acids is 1. The smallest absolute Gasteiger partial charge is 0.330 e. The second-order valence-electron chi connectivity index (χ2n) is 4.66. The first-order valence-electron chi connectivity index (χ1n) is 6.98. The normalized spacial score (nSPS) is 11.5. The maximum absolute atomic E-state index is 12.3. The van der Waals surface area contributed by atoms with Crippen molar-refractivity contribution in [1.82, 2.24) is 10.2 Å². The van der Waals surface area contributed by atoms with Gasteiger partial charge in [0, 0.05) is 6.54 Å². The Labute approximate surface area is 132 Å². The molecule has 7 heteroatoms. The van der Waals surface area contributed by atoms with Crippen molar-refractivity contribution in [3.05, 3.63) is 60.1 Å². The Morgan fingerprint density at radius 3 is 2.39 bits per heavy atom. The number of hydrogen-bond acceptors (Lipinski definition) is 4. The maximum Gasteiger partial charge on any atom is 0.330 e. The summed E-state index contributed by atoms with van der Waals surface area (Å²) in [5, 5.41) is 11.7. The molecule has 2 rings (SSSR count). The van der Waals surface area contributed by atoms with Gasteiger partial charge in [-0.2, -0.15) is 0 Å². The second kappa shape index (κ2) is 7.26. The molecule has 1 atom stereocenters. The fourth-order valence-corrected chi connectivity index (χ4v) is 2.05. The van der Waals surface area contributed by atoms with Crippen LogP contribution in [0.15, 0.2) is 53.1 Å². The summed E-state index contributed by atoms with van der Waals surface area (Å²) in [6.07, 6.45) is 1.32. The molecule has 23 heavy (non-hydrogen) atoms. The van der Waals surface area contributed by atoms with Crippen molar-refractivity contribution in [3.8, 4) is 0 Å². The highest BCUT2D eigenvalue weighted by molar-refractivity contribution is 6.03. The van der Waals surface area contributed by atoms with Crippen LogP contribution in [-0.4, -0.2) is 34.5 Å². The monoisotopic (exact) mass is 316 g/mol. The van der Waals surface area contributed by atoms with Crippen LogP contribution < -0.4 is 5.32 Å². The third-order valence-electron chi connectivity index (χ3n) is 3.19. The molecule has 0 bridgehead atoms. The molecular weight excluding hydrogens is 300 g/mol. The maximum atomic E-state index is 12.3. The van der Waals surface area contributed by atoms with E-state index in [-0.39, 0.29) is 12.3 Å². The van der Waals surface area contributed by atoms with Gasteiger partial charge in [0.15, 0.2) is 11.8 Å². The number of amides is 3. The number of nitrogens with one attached hydrogen (secondary N) is 1.